The summed E-state index contributed by atoms with van der Waals surface area (Å²) in [5.41, 5.74) is 3.13. The highest BCUT2D eigenvalue weighted by Crippen LogP contribution is 2.34. The van der Waals surface area contributed by atoms with Crippen molar-refractivity contribution in [3.05, 3.63) is 165 Å². The van der Waals surface area contributed by atoms with Gasteiger partial charge in [-0.25, -0.2) is 33.1 Å². The molecule has 0 spiro atoms. The first-order valence-electron chi connectivity index (χ1n) is 23.1. The number of fused-ring (bicyclic) bond motifs is 2. The first kappa shape index (κ1) is 51.3. The zero-order valence-electron chi connectivity index (χ0n) is 40.2. The van der Waals surface area contributed by atoms with Gasteiger partial charge in [0.25, 0.3) is 11.1 Å². The number of amides is 7. The Kier molecular flexibility index (Phi) is 15.4. The molecule has 5 heterocycles. The van der Waals surface area contributed by atoms with Crippen molar-refractivity contribution in [3.8, 4) is 22.3 Å². The van der Waals surface area contributed by atoms with E-state index in [9.17, 15) is 42.7 Å². The van der Waals surface area contributed by atoms with Crippen molar-refractivity contribution >= 4 is 91.8 Å². The molecule has 74 heavy (non-hydrogen) atoms. The minimum absolute atomic E-state index is 0.00537. The molecular formula is C53H48ClF2N11O7. The molecule has 0 atom stereocenters. The van der Waals surface area contributed by atoms with E-state index in [1.807, 2.05) is 13.0 Å². The number of benzene rings is 4. The Balaban J connectivity index is 0.000000198. The predicted octanol–water partition coefficient (Wildman–Crippen LogP) is 9.86. The Hall–Kier alpha value is -9.01. The molecule has 1 fully saturated rings. The molecule has 4 aromatic carbocycles. The molecule has 8 aromatic rings. The lowest BCUT2D eigenvalue weighted by molar-refractivity contribution is -0.114. The van der Waals surface area contributed by atoms with Crippen molar-refractivity contribution < 1.29 is 33.1 Å². The fourth-order valence-corrected chi connectivity index (χ4v) is 8.46. The highest BCUT2D eigenvalue weighted by molar-refractivity contribution is 6.33. The maximum absolute atomic E-state index is 14.7. The summed E-state index contributed by atoms with van der Waals surface area (Å²) in [6, 6.07) is 27.4. The first-order chi connectivity index (χ1) is 35.5. The summed E-state index contributed by atoms with van der Waals surface area (Å²) in [6.07, 6.45) is 2.55. The summed E-state index contributed by atoms with van der Waals surface area (Å²) in [5.74, 6) is -1.06. The quantitative estimate of drug-likeness (QED) is 0.0690. The van der Waals surface area contributed by atoms with Gasteiger partial charge in [-0.1, -0.05) is 48.0 Å². The molecule has 1 aliphatic rings. The summed E-state index contributed by atoms with van der Waals surface area (Å²) >= 11 is 6.36. The van der Waals surface area contributed by atoms with Crippen molar-refractivity contribution in [2.75, 3.05) is 45.0 Å². The van der Waals surface area contributed by atoms with Gasteiger partial charge >= 0.3 is 18.1 Å². The van der Waals surface area contributed by atoms with Gasteiger partial charge in [0, 0.05) is 83.4 Å². The smallest absolute Gasteiger partial charge is 0.323 e. The standard InChI is InChI=1S/C27H24ClFN6O4.C26H24FN5O3/c1-2-35-23-11-24(33-27(39)34-13-17(36)14-34)30-12-15(23)8-19(25(35)37)18-9-22(21(29)10-20(18)28)32-26(38)31-16-6-4-3-5-7-16;1-4-32-23-13-24(29-16(3)33)28-14-17(23)11-20(25(32)34)19-12-22(21(27)10-15(19)2)31-26(35)30-18-8-6-5-7-9-18/h3-12,17,36H,2,13-14H2,1H3,(H,30,33,39)(H2,31,32,38);5-14H,4H2,1-3H3,(H,28,29,33)(H2,30,31,35). The van der Waals surface area contributed by atoms with Gasteiger partial charge in [-0.2, -0.15) is 0 Å². The van der Waals surface area contributed by atoms with E-state index in [4.69, 9.17) is 11.6 Å². The van der Waals surface area contributed by atoms with E-state index < -0.39 is 41.4 Å². The minimum Gasteiger partial charge on any atom is -0.389 e. The number of rotatable bonds is 10. The number of halogens is 3. The predicted molar refractivity (Wildman–Crippen MR) is 283 cm³/mol. The molecule has 1 aliphatic heterocycles. The number of aliphatic hydroxyl groups excluding tert-OH is 1. The van der Waals surface area contributed by atoms with Gasteiger partial charge < -0.3 is 45.7 Å². The molecule has 0 unspecified atom stereocenters. The van der Waals surface area contributed by atoms with Gasteiger partial charge in [0.1, 0.15) is 23.3 Å². The molecule has 9 rings (SSSR count). The van der Waals surface area contributed by atoms with Crippen molar-refractivity contribution in [1.29, 1.82) is 0 Å². The lowest BCUT2D eigenvalue weighted by Crippen LogP contribution is -2.54. The summed E-state index contributed by atoms with van der Waals surface area (Å²) < 4.78 is 32.5. The molecule has 0 radical (unpaired) electrons. The highest BCUT2D eigenvalue weighted by atomic mass is 35.5. The van der Waals surface area contributed by atoms with E-state index in [-0.39, 0.29) is 57.9 Å². The number of hydrogen-bond acceptors (Lipinski definition) is 9. The number of nitrogens with zero attached hydrogens (tertiary/aromatic N) is 5. The largest absolute Gasteiger partial charge is 0.389 e. The normalized spacial score (nSPS) is 12.0. The number of hydrogen-bond donors (Lipinski definition) is 7. The van der Waals surface area contributed by atoms with Crippen LogP contribution < -0.4 is 43.0 Å². The summed E-state index contributed by atoms with van der Waals surface area (Å²) in [4.78, 5) is 85.5. The van der Waals surface area contributed by atoms with Gasteiger partial charge in [-0.05, 0) is 92.6 Å². The molecule has 7 amide bonds. The molecule has 1 saturated heterocycles. The lowest BCUT2D eigenvalue weighted by Gasteiger charge is -2.35. The topological polar surface area (TPSA) is 234 Å². The molecular weight excluding hydrogens is 976 g/mol. The number of carbonyl (C=O) groups excluding carboxylic acids is 4. The Bertz CT molecular complexity index is 3610. The van der Waals surface area contributed by atoms with Gasteiger partial charge in [-0.3, -0.25) is 19.7 Å². The average molecular weight is 1020 g/mol. The third-order valence-electron chi connectivity index (χ3n) is 11.8. The fraction of sp³-hybridized carbons (Fsp3) is 0.170. The van der Waals surface area contributed by atoms with Crippen LogP contribution in [0.15, 0.2) is 131 Å². The number of urea groups is 3. The Labute approximate surface area is 426 Å². The van der Waals surface area contributed by atoms with E-state index in [2.05, 4.69) is 41.9 Å². The summed E-state index contributed by atoms with van der Waals surface area (Å²) in [6.45, 7) is 7.85. The number of pyridine rings is 4. The van der Waals surface area contributed by atoms with Gasteiger partial charge in [0.05, 0.1) is 46.6 Å². The third kappa shape index (κ3) is 11.5. The number of aliphatic hydroxyl groups is 1. The number of anilines is 6. The molecule has 378 valence electrons. The monoisotopic (exact) mass is 1020 g/mol. The first-order valence-corrected chi connectivity index (χ1v) is 23.5. The average Bonchev–Trinajstić information content (AvgIpc) is 3.35. The van der Waals surface area contributed by atoms with Crippen LogP contribution in [0.3, 0.4) is 0 Å². The van der Waals surface area contributed by atoms with Crippen LogP contribution >= 0.6 is 11.6 Å². The van der Waals surface area contributed by atoms with Crippen LogP contribution in [0.2, 0.25) is 5.02 Å². The summed E-state index contributed by atoms with van der Waals surface area (Å²) in [7, 11) is 0. The van der Waals surface area contributed by atoms with E-state index in [1.165, 1.54) is 40.8 Å². The Morgan fingerprint density at radius 3 is 1.55 bits per heavy atom. The van der Waals surface area contributed by atoms with Crippen molar-refractivity contribution in [3.63, 3.8) is 0 Å². The molecule has 7 N–H and O–H groups in total. The molecule has 0 bridgehead atoms. The number of β-amino-alcohol motifs (C(OH)–C–C–N with tert-alkyl or cyclic N) is 1. The molecule has 18 nitrogen and oxygen atoms in total. The van der Waals surface area contributed by atoms with E-state index >= 15 is 0 Å². The Morgan fingerprint density at radius 2 is 1.08 bits per heavy atom. The Morgan fingerprint density at radius 1 is 0.622 bits per heavy atom. The number of para-hydroxylation sites is 2. The van der Waals surface area contributed by atoms with Crippen molar-refractivity contribution in [2.45, 2.75) is 46.9 Å². The SMILES string of the molecule is CCn1c(=O)c(-c2cc(NC(=O)Nc3ccccc3)c(F)cc2C)cc2cnc(NC(C)=O)cc21.CCn1c(=O)c(-c2cc(NC(=O)Nc3ccccc3)c(F)cc2Cl)cc2cnc(NC(=O)N3CC(O)C3)cc21. The fourth-order valence-electron chi connectivity index (χ4n) is 8.21. The second-order valence-corrected chi connectivity index (χ2v) is 17.4. The molecule has 4 aromatic heterocycles. The zero-order chi connectivity index (χ0) is 52.8. The van der Waals surface area contributed by atoms with E-state index in [1.54, 1.807) is 103 Å². The number of likely N-dealkylation sites (tertiary alicyclic amines) is 1. The van der Waals surface area contributed by atoms with E-state index in [0.717, 1.165) is 6.07 Å². The van der Waals surface area contributed by atoms with Crippen LogP contribution in [-0.2, 0) is 17.9 Å². The lowest BCUT2D eigenvalue weighted by atomic mass is 9.99. The van der Waals surface area contributed by atoms with Crippen LogP contribution in [-0.4, -0.2) is 72.3 Å². The molecule has 0 saturated carbocycles. The van der Waals surface area contributed by atoms with Crippen LogP contribution in [0.1, 0.15) is 26.3 Å². The number of aryl methyl sites for hydroxylation is 3. The maximum atomic E-state index is 14.7. The third-order valence-corrected chi connectivity index (χ3v) is 12.1. The van der Waals surface area contributed by atoms with Crippen LogP contribution in [0.5, 0.6) is 0 Å². The minimum atomic E-state index is -0.764. The highest BCUT2D eigenvalue weighted by Gasteiger charge is 2.29. The number of nitrogens with one attached hydrogen (secondary N) is 6. The van der Waals surface area contributed by atoms with Gasteiger partial charge in [-0.15, -0.1) is 0 Å². The zero-order valence-corrected chi connectivity index (χ0v) is 41.0. The number of aromatic nitrogens is 4. The van der Waals surface area contributed by atoms with Crippen LogP contribution in [0.25, 0.3) is 44.1 Å². The summed E-state index contributed by atoms with van der Waals surface area (Å²) in [5, 5.41) is 26.2. The van der Waals surface area contributed by atoms with E-state index in [0.29, 0.717) is 68.8 Å². The van der Waals surface area contributed by atoms with Crippen molar-refractivity contribution in [1.82, 2.24) is 24.0 Å². The maximum Gasteiger partial charge on any atom is 0.323 e. The van der Waals surface area contributed by atoms with Crippen molar-refractivity contribution in [2.24, 2.45) is 0 Å². The second kappa shape index (κ2) is 22.2. The second-order valence-electron chi connectivity index (χ2n) is 17.0. The van der Waals surface area contributed by atoms with Gasteiger partial charge in [0.15, 0.2) is 0 Å². The number of carbonyl (C=O) groups is 4. The van der Waals surface area contributed by atoms with Crippen LogP contribution in [0.4, 0.5) is 57.5 Å². The van der Waals surface area contributed by atoms with Gasteiger partial charge in [0.2, 0.25) is 5.91 Å². The van der Waals surface area contributed by atoms with Crippen LogP contribution in [0, 0.1) is 18.6 Å². The molecule has 0 aliphatic carbocycles. The molecule has 21 heteroatoms.